The fourth-order valence-corrected chi connectivity index (χ4v) is 3.54. The van der Waals surface area contributed by atoms with E-state index in [1.54, 1.807) is 0 Å². The van der Waals surface area contributed by atoms with E-state index < -0.39 is 0 Å². The highest BCUT2D eigenvalue weighted by Gasteiger charge is 2.29. The van der Waals surface area contributed by atoms with Crippen LogP contribution in [0.25, 0.3) is 0 Å². The molecule has 3 rings (SSSR count). The maximum Gasteiger partial charge on any atom is 0.259 e. The molecule has 0 spiro atoms. The van der Waals surface area contributed by atoms with Gasteiger partial charge >= 0.3 is 0 Å². The van der Waals surface area contributed by atoms with Crippen molar-refractivity contribution < 1.29 is 4.79 Å². The molecule has 1 aliphatic heterocycles. The van der Waals surface area contributed by atoms with E-state index in [1.165, 1.54) is 11.1 Å². The lowest BCUT2D eigenvalue weighted by atomic mass is 10.0. The first-order valence-electron chi connectivity index (χ1n) is 8.37. The highest BCUT2D eigenvalue weighted by Crippen LogP contribution is 2.36. The van der Waals surface area contributed by atoms with Crippen LogP contribution in [0.5, 0.6) is 0 Å². The second kappa shape index (κ2) is 6.60. The predicted octanol–water partition coefficient (Wildman–Crippen LogP) is 5.23. The molecule has 2 aromatic rings. The number of anilines is 2. The van der Waals surface area contributed by atoms with Crippen LogP contribution in [0.3, 0.4) is 0 Å². The van der Waals surface area contributed by atoms with E-state index in [9.17, 15) is 4.79 Å². The Morgan fingerprint density at radius 1 is 1.21 bits per heavy atom. The van der Waals surface area contributed by atoms with Gasteiger partial charge in [-0.15, -0.1) is 0 Å². The summed E-state index contributed by atoms with van der Waals surface area (Å²) in [6, 6.07) is 10.4. The summed E-state index contributed by atoms with van der Waals surface area (Å²) in [5, 5.41) is 3.57. The van der Waals surface area contributed by atoms with Crippen molar-refractivity contribution in [1.82, 2.24) is 0 Å². The average molecular weight is 387 g/mol. The molecule has 1 N–H and O–H groups in total. The van der Waals surface area contributed by atoms with Crippen LogP contribution in [-0.2, 0) is 0 Å². The van der Waals surface area contributed by atoms with Crippen molar-refractivity contribution in [3.8, 4) is 0 Å². The van der Waals surface area contributed by atoms with Crippen molar-refractivity contribution >= 4 is 33.2 Å². The Morgan fingerprint density at radius 3 is 2.62 bits per heavy atom. The van der Waals surface area contributed by atoms with Gasteiger partial charge in [-0.1, -0.05) is 19.1 Å². The first kappa shape index (κ1) is 17.0. The van der Waals surface area contributed by atoms with Crippen molar-refractivity contribution in [3.63, 3.8) is 0 Å². The molecular formula is C20H23BrN2O. The molecule has 2 aromatic carbocycles. The first-order chi connectivity index (χ1) is 11.4. The maximum absolute atomic E-state index is 13.3. The van der Waals surface area contributed by atoms with Gasteiger partial charge in [0.2, 0.25) is 0 Å². The van der Waals surface area contributed by atoms with Gasteiger partial charge in [0, 0.05) is 17.1 Å². The lowest BCUT2D eigenvalue weighted by Crippen LogP contribution is -2.44. The lowest BCUT2D eigenvalue weighted by molar-refractivity contribution is 0.0984. The molecule has 1 heterocycles. The predicted molar refractivity (Wildman–Crippen MR) is 104 cm³/mol. The Balaban J connectivity index is 2.09. The van der Waals surface area contributed by atoms with E-state index >= 15 is 0 Å². The average Bonchev–Trinajstić information content (AvgIpc) is 2.57. The number of nitrogens with zero attached hydrogens (tertiary/aromatic N) is 1. The van der Waals surface area contributed by atoms with Gasteiger partial charge in [-0.05, 0) is 78.0 Å². The Hall–Kier alpha value is -1.81. The van der Waals surface area contributed by atoms with Gasteiger partial charge in [0.1, 0.15) is 0 Å². The molecular weight excluding hydrogens is 364 g/mol. The topological polar surface area (TPSA) is 32.3 Å². The number of fused-ring (bicyclic) bond motifs is 1. The summed E-state index contributed by atoms with van der Waals surface area (Å²) in [4.78, 5) is 15.2. The third-order valence-corrected chi connectivity index (χ3v) is 5.88. The number of benzene rings is 2. The summed E-state index contributed by atoms with van der Waals surface area (Å²) in [6.45, 7) is 9.04. The Labute approximate surface area is 152 Å². The smallest absolute Gasteiger partial charge is 0.259 e. The van der Waals surface area contributed by atoms with Crippen molar-refractivity contribution in [2.75, 3.05) is 16.8 Å². The molecule has 0 aliphatic carbocycles. The number of rotatable bonds is 2. The van der Waals surface area contributed by atoms with Crippen molar-refractivity contribution in [2.45, 2.75) is 40.2 Å². The van der Waals surface area contributed by atoms with Crippen molar-refractivity contribution in [3.05, 3.63) is 57.1 Å². The Morgan fingerprint density at radius 2 is 1.92 bits per heavy atom. The summed E-state index contributed by atoms with van der Waals surface area (Å²) < 4.78 is 0.881. The van der Waals surface area contributed by atoms with E-state index in [4.69, 9.17) is 0 Å². The summed E-state index contributed by atoms with van der Waals surface area (Å²) in [6.07, 6.45) is 0.977. The van der Waals surface area contributed by atoms with Gasteiger partial charge in [-0.2, -0.15) is 0 Å². The summed E-state index contributed by atoms with van der Waals surface area (Å²) in [5.41, 5.74) is 6.25. The fourth-order valence-electron chi connectivity index (χ4n) is 3.11. The largest absolute Gasteiger partial charge is 0.379 e. The van der Waals surface area contributed by atoms with E-state index in [1.807, 2.05) is 30.0 Å². The molecule has 1 atom stereocenters. The molecule has 1 aliphatic rings. The second-order valence-corrected chi connectivity index (χ2v) is 7.35. The third kappa shape index (κ3) is 2.95. The number of nitrogens with one attached hydrogen (secondary N) is 1. The summed E-state index contributed by atoms with van der Waals surface area (Å²) >= 11 is 3.58. The summed E-state index contributed by atoms with van der Waals surface area (Å²) in [7, 11) is 0. The molecule has 126 valence electrons. The minimum absolute atomic E-state index is 0.0510. The van der Waals surface area contributed by atoms with Crippen LogP contribution in [0.4, 0.5) is 11.4 Å². The zero-order chi connectivity index (χ0) is 17.4. The number of carbonyl (C=O) groups excluding carboxylic acids is 1. The number of halogens is 1. The SMILES string of the molecule is CCC1CN(C(=O)c2cccc(C)c2Br)c2cc(C)c(C)cc2N1. The highest BCUT2D eigenvalue weighted by molar-refractivity contribution is 9.10. The van der Waals surface area contributed by atoms with Gasteiger partial charge in [0.25, 0.3) is 5.91 Å². The number of carbonyl (C=O) groups is 1. The zero-order valence-corrected chi connectivity index (χ0v) is 16.2. The van der Waals surface area contributed by atoms with Gasteiger partial charge in [-0.25, -0.2) is 0 Å². The van der Waals surface area contributed by atoms with Crippen molar-refractivity contribution in [2.24, 2.45) is 0 Å². The zero-order valence-electron chi connectivity index (χ0n) is 14.6. The highest BCUT2D eigenvalue weighted by atomic mass is 79.9. The minimum Gasteiger partial charge on any atom is -0.379 e. The maximum atomic E-state index is 13.3. The first-order valence-corrected chi connectivity index (χ1v) is 9.16. The van der Waals surface area contributed by atoms with Gasteiger partial charge in [-0.3, -0.25) is 4.79 Å². The van der Waals surface area contributed by atoms with Gasteiger partial charge in [0.05, 0.1) is 16.9 Å². The molecule has 24 heavy (non-hydrogen) atoms. The molecule has 1 amide bonds. The fraction of sp³-hybridized carbons (Fsp3) is 0.350. The Bertz CT molecular complexity index is 800. The van der Waals surface area contributed by atoms with Crippen LogP contribution in [0.2, 0.25) is 0 Å². The van der Waals surface area contributed by atoms with Crippen LogP contribution in [0, 0.1) is 20.8 Å². The van der Waals surface area contributed by atoms with Crippen LogP contribution in [0.1, 0.15) is 40.4 Å². The van der Waals surface area contributed by atoms with E-state index in [0.717, 1.165) is 33.4 Å². The van der Waals surface area contributed by atoms with E-state index in [2.05, 4.69) is 54.2 Å². The normalized spacial score (nSPS) is 16.5. The molecule has 3 nitrogen and oxygen atoms in total. The number of hydrogen-bond donors (Lipinski definition) is 1. The quantitative estimate of drug-likeness (QED) is 0.766. The molecule has 0 fully saturated rings. The van der Waals surface area contributed by atoms with Crippen LogP contribution in [0.15, 0.2) is 34.8 Å². The number of amides is 1. The molecule has 0 radical (unpaired) electrons. The standard InChI is InChI=1S/C20H23BrN2O/c1-5-15-11-23(18-10-14(4)13(3)9-17(18)22-15)20(24)16-8-6-7-12(2)19(16)21/h6-10,15,22H,5,11H2,1-4H3. The van der Waals surface area contributed by atoms with E-state index in [0.29, 0.717) is 6.54 Å². The van der Waals surface area contributed by atoms with E-state index in [-0.39, 0.29) is 11.9 Å². The monoisotopic (exact) mass is 386 g/mol. The van der Waals surface area contributed by atoms with Crippen molar-refractivity contribution in [1.29, 1.82) is 0 Å². The second-order valence-electron chi connectivity index (χ2n) is 6.56. The number of hydrogen-bond acceptors (Lipinski definition) is 2. The molecule has 1 unspecified atom stereocenters. The number of aryl methyl sites for hydroxylation is 3. The third-order valence-electron chi connectivity index (χ3n) is 4.83. The van der Waals surface area contributed by atoms with Gasteiger partial charge in [0.15, 0.2) is 0 Å². The van der Waals surface area contributed by atoms with Crippen LogP contribution >= 0.6 is 15.9 Å². The molecule has 0 bridgehead atoms. The van der Waals surface area contributed by atoms with Crippen LogP contribution < -0.4 is 10.2 Å². The lowest BCUT2D eigenvalue weighted by Gasteiger charge is -2.36. The molecule has 0 aromatic heterocycles. The molecule has 4 heteroatoms. The van der Waals surface area contributed by atoms with Crippen LogP contribution in [-0.4, -0.2) is 18.5 Å². The summed E-state index contributed by atoms with van der Waals surface area (Å²) in [5.74, 6) is 0.0510. The molecule has 0 saturated carbocycles. The van der Waals surface area contributed by atoms with Gasteiger partial charge < -0.3 is 10.2 Å². The Kier molecular flexibility index (Phi) is 4.68. The molecule has 0 saturated heterocycles. The minimum atomic E-state index is 0.0510.